The quantitative estimate of drug-likeness (QED) is 0.188. The van der Waals surface area contributed by atoms with E-state index in [1.807, 2.05) is 6.07 Å². The van der Waals surface area contributed by atoms with Crippen LogP contribution in [0.5, 0.6) is 0 Å². The van der Waals surface area contributed by atoms with E-state index in [4.69, 9.17) is 4.42 Å². The maximum Gasteiger partial charge on any atom is 0.136 e. The number of benzene rings is 5. The molecule has 0 saturated heterocycles. The molecule has 2 saturated carbocycles. The van der Waals surface area contributed by atoms with Crippen molar-refractivity contribution in [2.45, 2.75) is 81.8 Å². The summed E-state index contributed by atoms with van der Waals surface area (Å²) in [4.78, 5) is 0. The number of furan rings is 1. The van der Waals surface area contributed by atoms with E-state index in [2.05, 4.69) is 164 Å². The van der Waals surface area contributed by atoms with Gasteiger partial charge in [-0.15, -0.1) is 0 Å². The monoisotopic (exact) mass is 768 g/mol. The average Bonchev–Trinajstić information content (AvgIpc) is 3.73. The summed E-state index contributed by atoms with van der Waals surface area (Å²) in [5.74, 6) is 3.66. The van der Waals surface area contributed by atoms with E-state index in [9.17, 15) is 0 Å². The zero-order chi connectivity index (χ0) is 39.0. The minimum absolute atomic E-state index is 0.0301. The van der Waals surface area contributed by atoms with Crippen LogP contribution in [-0.2, 0) is 5.41 Å². The normalized spacial score (nSPS) is 30.5. The molecule has 6 aromatic rings. The van der Waals surface area contributed by atoms with Crippen LogP contribution >= 0.6 is 0 Å². The lowest BCUT2D eigenvalue weighted by molar-refractivity contribution is 0.151. The molecule has 2 heterocycles. The molecule has 5 aromatic carbocycles. The maximum absolute atomic E-state index is 6.34. The number of allylic oxidation sites excluding steroid dienone is 6. The first-order valence-corrected chi connectivity index (χ1v) is 22.5. The van der Waals surface area contributed by atoms with Gasteiger partial charge in [0.15, 0.2) is 0 Å². The van der Waals surface area contributed by atoms with E-state index < -0.39 is 0 Å². The largest absolute Gasteiger partial charge is 0.456 e. The lowest BCUT2D eigenvalue weighted by Crippen LogP contribution is -2.39. The highest BCUT2D eigenvalue weighted by Gasteiger charge is 2.63. The smallest absolute Gasteiger partial charge is 0.136 e. The number of hydrogen-bond donors (Lipinski definition) is 2. The summed E-state index contributed by atoms with van der Waals surface area (Å²) >= 11 is 0. The van der Waals surface area contributed by atoms with Crippen molar-refractivity contribution in [3.8, 4) is 0 Å². The molecular weight excluding hydrogens is 717 g/mol. The molecule has 8 atom stereocenters. The van der Waals surface area contributed by atoms with Gasteiger partial charge in [0.1, 0.15) is 17.3 Å². The molecule has 59 heavy (non-hydrogen) atoms. The van der Waals surface area contributed by atoms with Crippen molar-refractivity contribution in [2.24, 2.45) is 29.1 Å². The summed E-state index contributed by atoms with van der Waals surface area (Å²) in [6.45, 7) is 5.05. The van der Waals surface area contributed by atoms with Crippen LogP contribution in [-0.4, -0.2) is 0 Å². The lowest BCUT2D eigenvalue weighted by Gasteiger charge is -2.45. The van der Waals surface area contributed by atoms with Gasteiger partial charge in [-0.3, -0.25) is 5.32 Å². The Morgan fingerprint density at radius 3 is 2.31 bits per heavy atom. The van der Waals surface area contributed by atoms with Crippen LogP contribution in [0.15, 0.2) is 167 Å². The number of para-hydroxylation sites is 1. The fraction of sp³-hybridized carbons (Fsp3) is 0.321. The van der Waals surface area contributed by atoms with Crippen LogP contribution in [0.2, 0.25) is 0 Å². The molecule has 2 N–H and O–H groups in total. The van der Waals surface area contributed by atoms with Gasteiger partial charge in [0.2, 0.25) is 0 Å². The second-order valence-electron chi connectivity index (χ2n) is 19.6. The van der Waals surface area contributed by atoms with Crippen molar-refractivity contribution in [1.82, 2.24) is 10.6 Å². The Morgan fingerprint density at radius 2 is 1.44 bits per heavy atom. The zero-order valence-electron chi connectivity index (χ0n) is 34.1. The Kier molecular flexibility index (Phi) is 7.35. The van der Waals surface area contributed by atoms with E-state index >= 15 is 0 Å². The molecule has 1 spiro atoms. The van der Waals surface area contributed by atoms with Crippen molar-refractivity contribution in [1.29, 1.82) is 0 Å². The molecule has 1 aromatic heterocycles. The SMILES string of the molecule is CC1(C)c2ccccc2C2CC3C(=CC21)C1=C(C=CC2C1C2c1ccc(C2C=C(c4ccc5c(c4)oc4ccccc45)NC(c4ccccc4)N2)cc1)C31CCCCC1. The van der Waals surface area contributed by atoms with Crippen molar-refractivity contribution in [3.63, 3.8) is 0 Å². The summed E-state index contributed by atoms with van der Waals surface area (Å²) in [5.41, 5.74) is 17.2. The third-order valence-electron chi connectivity index (χ3n) is 16.5. The number of fused-ring (bicyclic) bond motifs is 12. The van der Waals surface area contributed by atoms with E-state index in [-0.39, 0.29) is 17.6 Å². The van der Waals surface area contributed by atoms with Crippen molar-refractivity contribution < 1.29 is 4.42 Å². The van der Waals surface area contributed by atoms with Gasteiger partial charge in [0, 0.05) is 27.4 Å². The molecule has 7 aliphatic rings. The summed E-state index contributed by atoms with van der Waals surface area (Å²) in [5, 5.41) is 10.1. The predicted octanol–water partition coefficient (Wildman–Crippen LogP) is 13.4. The van der Waals surface area contributed by atoms with Crippen molar-refractivity contribution in [2.75, 3.05) is 0 Å². The Balaban J connectivity index is 0.838. The van der Waals surface area contributed by atoms with Gasteiger partial charge in [0.05, 0.1) is 6.04 Å². The van der Waals surface area contributed by atoms with E-state index in [1.54, 1.807) is 27.8 Å². The molecule has 1 aliphatic heterocycles. The van der Waals surface area contributed by atoms with Crippen LogP contribution in [0.1, 0.15) is 110 Å². The molecule has 8 unspecified atom stereocenters. The summed E-state index contributed by atoms with van der Waals surface area (Å²) in [6, 6.07) is 45.0. The second kappa shape index (κ2) is 12.6. The van der Waals surface area contributed by atoms with E-state index in [1.165, 1.54) is 55.2 Å². The van der Waals surface area contributed by atoms with Crippen LogP contribution in [0.25, 0.3) is 27.6 Å². The van der Waals surface area contributed by atoms with E-state index in [0.717, 1.165) is 33.2 Å². The first-order chi connectivity index (χ1) is 29.0. The molecule has 2 fully saturated rings. The molecule has 292 valence electrons. The fourth-order valence-corrected chi connectivity index (χ4v) is 13.7. The summed E-state index contributed by atoms with van der Waals surface area (Å²) in [6.07, 6.45) is 18.7. The van der Waals surface area contributed by atoms with Crippen LogP contribution < -0.4 is 10.6 Å². The Morgan fingerprint density at radius 1 is 0.678 bits per heavy atom. The topological polar surface area (TPSA) is 37.2 Å². The average molecular weight is 769 g/mol. The van der Waals surface area contributed by atoms with Crippen LogP contribution in [0.4, 0.5) is 0 Å². The summed E-state index contributed by atoms with van der Waals surface area (Å²) < 4.78 is 6.34. The highest BCUT2D eigenvalue weighted by molar-refractivity contribution is 6.05. The van der Waals surface area contributed by atoms with Crippen LogP contribution in [0.3, 0.4) is 0 Å². The van der Waals surface area contributed by atoms with Gasteiger partial charge in [-0.2, -0.15) is 0 Å². The zero-order valence-corrected chi connectivity index (χ0v) is 34.1. The minimum Gasteiger partial charge on any atom is -0.456 e. The number of nitrogens with one attached hydrogen (secondary N) is 2. The van der Waals surface area contributed by atoms with Gasteiger partial charge >= 0.3 is 0 Å². The molecule has 6 aliphatic carbocycles. The number of rotatable bonds is 4. The molecule has 0 amide bonds. The third kappa shape index (κ3) is 4.98. The first-order valence-electron chi connectivity index (χ1n) is 22.5. The van der Waals surface area contributed by atoms with Gasteiger partial charge in [-0.05, 0) is 129 Å². The Labute approximate surface area is 348 Å². The van der Waals surface area contributed by atoms with Gasteiger partial charge in [0.25, 0.3) is 0 Å². The Hall–Kier alpha value is -5.38. The molecule has 0 radical (unpaired) electrons. The van der Waals surface area contributed by atoms with Crippen molar-refractivity contribution in [3.05, 3.63) is 196 Å². The highest BCUT2D eigenvalue weighted by Crippen LogP contribution is 2.73. The molecule has 13 rings (SSSR count). The first kappa shape index (κ1) is 34.5. The minimum atomic E-state index is -0.0301. The van der Waals surface area contributed by atoms with Crippen LogP contribution in [0, 0.1) is 29.1 Å². The molecule has 3 nitrogen and oxygen atoms in total. The second-order valence-corrected chi connectivity index (χ2v) is 19.6. The molecule has 3 heteroatoms. The highest BCUT2D eigenvalue weighted by atomic mass is 16.3. The van der Waals surface area contributed by atoms with Gasteiger partial charge < -0.3 is 9.73 Å². The van der Waals surface area contributed by atoms with Gasteiger partial charge in [-0.1, -0.05) is 154 Å². The number of hydrogen-bond acceptors (Lipinski definition) is 3. The lowest BCUT2D eigenvalue weighted by atomic mass is 9.58. The van der Waals surface area contributed by atoms with Crippen molar-refractivity contribution >= 4 is 27.6 Å². The maximum atomic E-state index is 6.34. The van der Waals surface area contributed by atoms with Gasteiger partial charge in [-0.25, -0.2) is 0 Å². The third-order valence-corrected chi connectivity index (χ3v) is 16.5. The molecular formula is C56H52N2O. The molecule has 0 bridgehead atoms. The fourth-order valence-electron chi connectivity index (χ4n) is 13.7. The van der Waals surface area contributed by atoms with E-state index in [0.29, 0.717) is 40.9 Å². The summed E-state index contributed by atoms with van der Waals surface area (Å²) in [7, 11) is 0. The Bertz CT molecular complexity index is 2810. The predicted molar refractivity (Wildman–Crippen MR) is 240 cm³/mol. The standard InChI is InChI=1S/C56H52N2O/c1-55(2)43-17-9-7-15-37(43)41-30-46-42(31-45(41)55)52-44(56(46)27-11-4-12-28-56)26-25-40-51(53(40)52)34-21-19-33(20-22-34)47-32-48(58-54(57-47)35-13-5-3-6-14-35)36-23-24-39-38-16-8-10-18-49(38)59-50(39)29-36/h3,5-10,13-26,29,31-32,40-41,45-47,51,53-54,57-58H,4,11-12,27-28,30H2,1-2H3.